The second-order valence-corrected chi connectivity index (χ2v) is 12.2. The molecule has 5 nitrogen and oxygen atoms in total. The van der Waals surface area contributed by atoms with E-state index < -0.39 is 29.3 Å². The van der Waals surface area contributed by atoms with Crippen molar-refractivity contribution < 1.29 is 31.9 Å². The molecule has 0 aliphatic heterocycles. The van der Waals surface area contributed by atoms with Crippen LogP contribution in [0.2, 0.25) is 0 Å². The molecule has 48 heavy (non-hydrogen) atoms. The van der Waals surface area contributed by atoms with Crippen LogP contribution in [0.3, 0.4) is 0 Å². The van der Waals surface area contributed by atoms with Crippen LogP contribution in [-0.2, 0) is 4.79 Å². The standard InChI is InChI=1S/C39H44F4N2O3/c1-3-5-7-17-45(18-8-6-4-2)19-20-48-33-13-11-29(12-14-33)39(47)44-32-25-30(21-27-9-15-34(40)36(42)23-27)38(46)31(26-32)22-28-10-16-35(41)37(43)24-28/h9-16,21-24,32H,3-8,17-20,25-26H2,1-2H3,(H,44,47)/b30-21+,31-22+. The molecule has 1 aliphatic carbocycles. The first-order chi connectivity index (χ1) is 23.2. The van der Waals surface area contributed by atoms with Gasteiger partial charge >= 0.3 is 0 Å². The van der Waals surface area contributed by atoms with E-state index in [0.717, 1.165) is 43.9 Å². The summed E-state index contributed by atoms with van der Waals surface area (Å²) in [6.45, 7) is 7.89. The highest BCUT2D eigenvalue weighted by atomic mass is 19.2. The van der Waals surface area contributed by atoms with Crippen LogP contribution in [-0.4, -0.2) is 48.9 Å². The summed E-state index contributed by atoms with van der Waals surface area (Å²) >= 11 is 0. The minimum absolute atomic E-state index is 0.132. The molecule has 9 heteroatoms. The van der Waals surface area contributed by atoms with E-state index in [9.17, 15) is 27.2 Å². The highest BCUT2D eigenvalue weighted by molar-refractivity contribution is 6.14. The van der Waals surface area contributed by atoms with E-state index in [4.69, 9.17) is 4.74 Å². The predicted octanol–water partition coefficient (Wildman–Crippen LogP) is 8.93. The van der Waals surface area contributed by atoms with Gasteiger partial charge in [-0.05, 0) is 111 Å². The Kier molecular flexibility index (Phi) is 14.0. The number of nitrogens with one attached hydrogen (secondary N) is 1. The van der Waals surface area contributed by atoms with E-state index in [1.807, 2.05) is 0 Å². The number of unbranched alkanes of at least 4 members (excludes halogenated alkanes) is 4. The van der Waals surface area contributed by atoms with Crippen molar-refractivity contribution in [3.63, 3.8) is 0 Å². The molecule has 0 unspecified atom stereocenters. The number of hydrogen-bond donors (Lipinski definition) is 1. The number of carbonyl (C=O) groups is 2. The molecule has 0 spiro atoms. The zero-order chi connectivity index (χ0) is 34.5. The second-order valence-electron chi connectivity index (χ2n) is 12.2. The molecule has 4 rings (SSSR count). The number of ether oxygens (including phenoxy) is 1. The molecule has 3 aromatic rings. The third kappa shape index (κ3) is 10.9. The first-order valence-corrected chi connectivity index (χ1v) is 16.8. The Morgan fingerprint density at radius 1 is 0.750 bits per heavy atom. The molecule has 0 bridgehead atoms. The molecule has 0 radical (unpaired) electrons. The number of ketones is 1. The zero-order valence-electron chi connectivity index (χ0n) is 27.7. The van der Waals surface area contributed by atoms with Gasteiger partial charge in [0, 0.05) is 29.3 Å². The van der Waals surface area contributed by atoms with Gasteiger partial charge in [0.15, 0.2) is 29.1 Å². The normalized spacial score (nSPS) is 16.6. The fourth-order valence-corrected chi connectivity index (χ4v) is 5.72. The first kappa shape index (κ1) is 36.6. The summed E-state index contributed by atoms with van der Waals surface area (Å²) in [4.78, 5) is 29.2. The number of halogens is 4. The Hall–Kier alpha value is -4.24. The lowest BCUT2D eigenvalue weighted by Crippen LogP contribution is -2.39. The number of amides is 1. The maximum Gasteiger partial charge on any atom is 0.251 e. The van der Waals surface area contributed by atoms with Crippen molar-refractivity contribution in [2.24, 2.45) is 0 Å². The van der Waals surface area contributed by atoms with Crippen LogP contribution in [0.4, 0.5) is 17.6 Å². The summed E-state index contributed by atoms with van der Waals surface area (Å²) in [5, 5.41) is 2.97. The summed E-state index contributed by atoms with van der Waals surface area (Å²) in [6.07, 6.45) is 10.3. The molecule has 0 heterocycles. The summed E-state index contributed by atoms with van der Waals surface area (Å²) in [5.41, 5.74) is 1.47. The van der Waals surface area contributed by atoms with Crippen LogP contribution in [0.1, 0.15) is 86.7 Å². The number of benzene rings is 3. The molecule has 0 atom stereocenters. The van der Waals surface area contributed by atoms with Crippen molar-refractivity contribution in [3.8, 4) is 5.75 Å². The van der Waals surface area contributed by atoms with Crippen molar-refractivity contribution in [1.82, 2.24) is 10.2 Å². The van der Waals surface area contributed by atoms with Gasteiger partial charge in [0.2, 0.25) is 0 Å². The van der Waals surface area contributed by atoms with Crippen LogP contribution in [0, 0.1) is 23.3 Å². The zero-order valence-corrected chi connectivity index (χ0v) is 27.7. The van der Waals surface area contributed by atoms with Gasteiger partial charge in [-0.25, -0.2) is 17.6 Å². The highest BCUT2D eigenvalue weighted by Crippen LogP contribution is 2.30. The number of rotatable bonds is 16. The largest absolute Gasteiger partial charge is 0.492 e. The molecule has 0 aromatic heterocycles. The van der Waals surface area contributed by atoms with E-state index in [0.29, 0.717) is 17.9 Å². The Labute approximate surface area is 280 Å². The second kappa shape index (κ2) is 18.3. The number of nitrogens with zero attached hydrogens (tertiary/aromatic N) is 1. The van der Waals surface area contributed by atoms with E-state index in [1.54, 1.807) is 24.3 Å². The van der Waals surface area contributed by atoms with Gasteiger partial charge in [-0.3, -0.25) is 14.5 Å². The van der Waals surface area contributed by atoms with Crippen molar-refractivity contribution >= 4 is 23.8 Å². The lowest BCUT2D eigenvalue weighted by molar-refractivity contribution is -0.113. The van der Waals surface area contributed by atoms with E-state index in [-0.39, 0.29) is 46.8 Å². The molecule has 0 saturated heterocycles. The summed E-state index contributed by atoms with van der Waals surface area (Å²) in [7, 11) is 0. The molecule has 1 fully saturated rings. The molecule has 3 aromatic carbocycles. The maximum atomic E-state index is 13.9. The van der Waals surface area contributed by atoms with Crippen molar-refractivity contribution in [3.05, 3.63) is 112 Å². The van der Waals surface area contributed by atoms with Crippen molar-refractivity contribution in [2.45, 2.75) is 71.3 Å². The monoisotopic (exact) mass is 664 g/mol. The fourth-order valence-electron chi connectivity index (χ4n) is 5.72. The Morgan fingerprint density at radius 3 is 1.75 bits per heavy atom. The van der Waals surface area contributed by atoms with Crippen LogP contribution >= 0.6 is 0 Å². The van der Waals surface area contributed by atoms with Gasteiger partial charge in [0.1, 0.15) is 12.4 Å². The Morgan fingerprint density at radius 2 is 1.27 bits per heavy atom. The molecular formula is C39H44F4N2O3. The van der Waals surface area contributed by atoms with Crippen molar-refractivity contribution in [2.75, 3.05) is 26.2 Å². The van der Waals surface area contributed by atoms with Crippen molar-refractivity contribution in [1.29, 1.82) is 0 Å². The molecule has 1 N–H and O–H groups in total. The van der Waals surface area contributed by atoms with Gasteiger partial charge in [-0.2, -0.15) is 0 Å². The molecule has 1 saturated carbocycles. The smallest absolute Gasteiger partial charge is 0.251 e. The van der Waals surface area contributed by atoms with Crippen LogP contribution in [0.5, 0.6) is 5.75 Å². The SMILES string of the molecule is CCCCCN(CCCCC)CCOc1ccc(C(=O)NC2C/C(=C\c3ccc(F)c(F)c3)C(=O)/C(=C/c3ccc(F)c(F)c3)C2)cc1. The molecule has 1 aliphatic rings. The average molecular weight is 665 g/mol. The van der Waals surface area contributed by atoms with E-state index in [2.05, 4.69) is 24.1 Å². The predicted molar refractivity (Wildman–Crippen MR) is 182 cm³/mol. The third-order valence-electron chi connectivity index (χ3n) is 8.37. The lowest BCUT2D eigenvalue weighted by atomic mass is 9.83. The number of hydrogen-bond acceptors (Lipinski definition) is 4. The number of Topliss-reactive ketones (excluding diaryl/α,β-unsaturated/α-hetero) is 1. The molecule has 1 amide bonds. The molecular weight excluding hydrogens is 620 g/mol. The Bertz CT molecular complexity index is 1520. The minimum atomic E-state index is -1.06. The fraction of sp³-hybridized carbons (Fsp3) is 0.385. The number of carbonyl (C=O) groups excluding carboxylic acids is 2. The van der Waals surface area contributed by atoms with Gasteiger partial charge in [0.05, 0.1) is 0 Å². The van der Waals surface area contributed by atoms with Crippen LogP contribution < -0.4 is 10.1 Å². The third-order valence-corrected chi connectivity index (χ3v) is 8.37. The summed E-state index contributed by atoms with van der Waals surface area (Å²) < 4.78 is 60.9. The quantitative estimate of drug-likeness (QED) is 0.0944. The topological polar surface area (TPSA) is 58.6 Å². The maximum absolute atomic E-state index is 13.9. The summed E-state index contributed by atoms with van der Waals surface area (Å²) in [5.74, 6) is -4.23. The molecule has 256 valence electrons. The first-order valence-electron chi connectivity index (χ1n) is 16.8. The van der Waals surface area contributed by atoms with Gasteiger partial charge in [-0.1, -0.05) is 51.7 Å². The lowest BCUT2D eigenvalue weighted by Gasteiger charge is -2.27. The minimum Gasteiger partial charge on any atom is -0.492 e. The van der Waals surface area contributed by atoms with E-state index in [1.165, 1.54) is 62.8 Å². The van der Waals surface area contributed by atoms with Gasteiger partial charge in [-0.15, -0.1) is 0 Å². The van der Waals surface area contributed by atoms with Gasteiger partial charge < -0.3 is 10.1 Å². The highest BCUT2D eigenvalue weighted by Gasteiger charge is 2.29. The van der Waals surface area contributed by atoms with E-state index >= 15 is 0 Å². The van der Waals surface area contributed by atoms with Crippen LogP contribution in [0.25, 0.3) is 12.2 Å². The average Bonchev–Trinajstić information content (AvgIpc) is 3.07. The van der Waals surface area contributed by atoms with Gasteiger partial charge in [0.25, 0.3) is 5.91 Å². The summed E-state index contributed by atoms with van der Waals surface area (Å²) in [6, 6.07) is 12.9. The van der Waals surface area contributed by atoms with Crippen LogP contribution in [0.15, 0.2) is 71.8 Å². The Balaban J connectivity index is 1.44.